The second-order valence-electron chi connectivity index (χ2n) is 4.93. The molecule has 0 aromatic rings. The van der Waals surface area contributed by atoms with Crippen LogP contribution in [0.3, 0.4) is 0 Å². The lowest BCUT2D eigenvalue weighted by atomic mass is 9.94. The maximum absolute atomic E-state index is 9.25. The van der Waals surface area contributed by atoms with E-state index >= 15 is 0 Å². The molecule has 2 unspecified atom stereocenters. The van der Waals surface area contributed by atoms with Gasteiger partial charge in [0.1, 0.15) is 0 Å². The molecule has 0 saturated carbocycles. The predicted molar refractivity (Wildman–Crippen MR) is 65.6 cm³/mol. The van der Waals surface area contributed by atoms with Crippen molar-refractivity contribution < 1.29 is 9.84 Å². The Morgan fingerprint density at radius 2 is 2.31 bits per heavy atom. The maximum atomic E-state index is 9.25. The molecule has 1 fully saturated rings. The van der Waals surface area contributed by atoms with E-state index in [2.05, 4.69) is 24.1 Å². The van der Waals surface area contributed by atoms with E-state index in [1.54, 1.807) is 7.11 Å². The fraction of sp³-hybridized carbons (Fsp3) is 1.00. The number of nitrogens with zero attached hydrogens (tertiary/aromatic N) is 1. The SMILES string of the molecule is CCNC(CO)CN1CCCC(C)(OC)C1. The van der Waals surface area contributed by atoms with Crippen LogP contribution < -0.4 is 5.32 Å². The Labute approximate surface area is 99.0 Å². The third kappa shape index (κ3) is 4.01. The average molecular weight is 230 g/mol. The standard InChI is InChI=1S/C12H26N2O2/c1-4-13-11(9-15)8-14-7-5-6-12(2,10-14)16-3/h11,13,15H,4-10H2,1-3H3. The summed E-state index contributed by atoms with van der Waals surface area (Å²) in [6.07, 6.45) is 2.31. The zero-order chi connectivity index (χ0) is 12.0. The molecule has 0 amide bonds. The second-order valence-corrected chi connectivity index (χ2v) is 4.93. The monoisotopic (exact) mass is 230 g/mol. The first-order chi connectivity index (χ1) is 7.63. The minimum atomic E-state index is -0.00945. The number of rotatable bonds is 6. The van der Waals surface area contributed by atoms with Crippen molar-refractivity contribution in [2.75, 3.05) is 39.9 Å². The fourth-order valence-electron chi connectivity index (χ4n) is 2.42. The van der Waals surface area contributed by atoms with Gasteiger partial charge in [0.2, 0.25) is 0 Å². The van der Waals surface area contributed by atoms with Crippen molar-refractivity contribution in [2.45, 2.75) is 38.3 Å². The van der Waals surface area contributed by atoms with Gasteiger partial charge in [0.05, 0.1) is 12.2 Å². The van der Waals surface area contributed by atoms with E-state index in [0.717, 1.165) is 32.6 Å². The van der Waals surface area contributed by atoms with Gasteiger partial charge in [-0.3, -0.25) is 4.90 Å². The van der Waals surface area contributed by atoms with Crippen molar-refractivity contribution in [3.8, 4) is 0 Å². The van der Waals surface area contributed by atoms with Crippen molar-refractivity contribution in [3.63, 3.8) is 0 Å². The molecule has 2 N–H and O–H groups in total. The van der Waals surface area contributed by atoms with Gasteiger partial charge in [-0.2, -0.15) is 0 Å². The van der Waals surface area contributed by atoms with E-state index in [0.29, 0.717) is 0 Å². The van der Waals surface area contributed by atoms with E-state index < -0.39 is 0 Å². The summed E-state index contributed by atoms with van der Waals surface area (Å²) in [6.45, 7) is 8.32. The summed E-state index contributed by atoms with van der Waals surface area (Å²) >= 11 is 0. The van der Waals surface area contributed by atoms with E-state index in [1.165, 1.54) is 6.42 Å². The molecule has 1 rings (SSSR count). The topological polar surface area (TPSA) is 44.7 Å². The quantitative estimate of drug-likeness (QED) is 0.696. The minimum absolute atomic E-state index is 0.00945. The number of methoxy groups -OCH3 is 1. The smallest absolute Gasteiger partial charge is 0.0777 e. The van der Waals surface area contributed by atoms with Gasteiger partial charge in [0.25, 0.3) is 0 Å². The Kier molecular flexibility index (Phi) is 5.69. The van der Waals surface area contributed by atoms with Gasteiger partial charge in [-0.05, 0) is 32.9 Å². The van der Waals surface area contributed by atoms with Crippen LogP contribution in [-0.4, -0.2) is 61.5 Å². The Morgan fingerprint density at radius 1 is 1.56 bits per heavy atom. The van der Waals surface area contributed by atoms with Gasteiger partial charge in [-0.1, -0.05) is 6.92 Å². The number of aliphatic hydroxyl groups is 1. The van der Waals surface area contributed by atoms with Crippen LogP contribution in [0.15, 0.2) is 0 Å². The lowest BCUT2D eigenvalue weighted by molar-refractivity contribution is -0.0533. The van der Waals surface area contributed by atoms with E-state index in [9.17, 15) is 5.11 Å². The molecule has 4 heteroatoms. The first-order valence-electron chi connectivity index (χ1n) is 6.25. The molecule has 1 aliphatic rings. The largest absolute Gasteiger partial charge is 0.395 e. The van der Waals surface area contributed by atoms with Crippen LogP contribution in [-0.2, 0) is 4.74 Å². The highest BCUT2D eigenvalue weighted by molar-refractivity contribution is 4.86. The first kappa shape index (κ1) is 13.9. The fourth-order valence-corrected chi connectivity index (χ4v) is 2.42. The average Bonchev–Trinajstić information content (AvgIpc) is 2.29. The molecule has 96 valence electrons. The van der Waals surface area contributed by atoms with Crippen molar-refractivity contribution >= 4 is 0 Å². The third-order valence-corrected chi connectivity index (χ3v) is 3.42. The number of nitrogens with one attached hydrogen (secondary N) is 1. The Bertz CT molecular complexity index is 201. The predicted octanol–water partition coefficient (Wildman–Crippen LogP) is 0.458. The Morgan fingerprint density at radius 3 is 2.88 bits per heavy atom. The summed E-state index contributed by atoms with van der Waals surface area (Å²) in [5.74, 6) is 0. The number of hydrogen-bond acceptors (Lipinski definition) is 4. The molecule has 0 aromatic heterocycles. The number of piperidine rings is 1. The van der Waals surface area contributed by atoms with Gasteiger partial charge < -0.3 is 15.2 Å². The van der Waals surface area contributed by atoms with Crippen molar-refractivity contribution in [3.05, 3.63) is 0 Å². The highest BCUT2D eigenvalue weighted by Gasteiger charge is 2.31. The van der Waals surface area contributed by atoms with Crippen LogP contribution >= 0.6 is 0 Å². The van der Waals surface area contributed by atoms with Crippen molar-refractivity contribution in [2.24, 2.45) is 0 Å². The number of likely N-dealkylation sites (N-methyl/N-ethyl adjacent to an activating group) is 1. The molecule has 0 aromatic carbocycles. The van der Waals surface area contributed by atoms with Gasteiger partial charge >= 0.3 is 0 Å². The molecule has 0 aliphatic carbocycles. The zero-order valence-corrected chi connectivity index (χ0v) is 10.8. The molecule has 4 nitrogen and oxygen atoms in total. The highest BCUT2D eigenvalue weighted by atomic mass is 16.5. The Balaban J connectivity index is 2.41. The minimum Gasteiger partial charge on any atom is -0.395 e. The molecule has 0 bridgehead atoms. The lowest BCUT2D eigenvalue weighted by Crippen LogP contribution is -2.52. The summed E-state index contributed by atoms with van der Waals surface area (Å²) in [4.78, 5) is 2.39. The molecule has 0 spiro atoms. The molecular weight excluding hydrogens is 204 g/mol. The van der Waals surface area contributed by atoms with Crippen LogP contribution in [0, 0.1) is 0 Å². The summed E-state index contributed by atoms with van der Waals surface area (Å²) in [6, 6.07) is 0.184. The number of ether oxygens (including phenoxy) is 1. The second kappa shape index (κ2) is 6.55. The summed E-state index contributed by atoms with van der Waals surface area (Å²) in [5, 5.41) is 12.5. The van der Waals surface area contributed by atoms with Crippen LogP contribution in [0.1, 0.15) is 26.7 Å². The van der Waals surface area contributed by atoms with E-state index in [4.69, 9.17) is 4.74 Å². The van der Waals surface area contributed by atoms with Crippen LogP contribution in [0.25, 0.3) is 0 Å². The first-order valence-corrected chi connectivity index (χ1v) is 6.25. The maximum Gasteiger partial charge on any atom is 0.0777 e. The van der Waals surface area contributed by atoms with Crippen molar-refractivity contribution in [1.82, 2.24) is 10.2 Å². The summed E-state index contributed by atoms with van der Waals surface area (Å²) < 4.78 is 5.56. The number of aliphatic hydroxyl groups excluding tert-OH is 1. The molecule has 1 saturated heterocycles. The molecule has 2 atom stereocenters. The normalized spacial score (nSPS) is 29.2. The van der Waals surface area contributed by atoms with Gasteiger partial charge in [0.15, 0.2) is 0 Å². The van der Waals surface area contributed by atoms with E-state index in [1.807, 2.05) is 0 Å². The number of likely N-dealkylation sites (tertiary alicyclic amines) is 1. The van der Waals surface area contributed by atoms with Crippen LogP contribution in [0.4, 0.5) is 0 Å². The van der Waals surface area contributed by atoms with Crippen molar-refractivity contribution in [1.29, 1.82) is 0 Å². The lowest BCUT2D eigenvalue weighted by Gasteiger charge is -2.40. The molecule has 0 radical (unpaired) electrons. The van der Waals surface area contributed by atoms with Gasteiger partial charge in [0, 0.05) is 26.2 Å². The van der Waals surface area contributed by atoms with Crippen LogP contribution in [0.2, 0.25) is 0 Å². The van der Waals surface area contributed by atoms with Gasteiger partial charge in [-0.15, -0.1) is 0 Å². The van der Waals surface area contributed by atoms with Gasteiger partial charge in [-0.25, -0.2) is 0 Å². The highest BCUT2D eigenvalue weighted by Crippen LogP contribution is 2.23. The number of hydrogen-bond donors (Lipinski definition) is 2. The molecule has 1 heterocycles. The summed E-state index contributed by atoms with van der Waals surface area (Å²) in [7, 11) is 1.79. The summed E-state index contributed by atoms with van der Waals surface area (Å²) in [5.41, 5.74) is -0.00945. The van der Waals surface area contributed by atoms with Crippen LogP contribution in [0.5, 0.6) is 0 Å². The van der Waals surface area contributed by atoms with E-state index in [-0.39, 0.29) is 18.2 Å². The zero-order valence-electron chi connectivity index (χ0n) is 10.8. The molecular formula is C12H26N2O2. The Hall–Kier alpha value is -0.160. The third-order valence-electron chi connectivity index (χ3n) is 3.42. The molecule has 16 heavy (non-hydrogen) atoms. The molecule has 1 aliphatic heterocycles.